The topological polar surface area (TPSA) is 75.7 Å². The van der Waals surface area contributed by atoms with E-state index in [9.17, 15) is 13.2 Å². The number of hydrogen-bond acceptors (Lipinski definition) is 4. The largest absolute Gasteiger partial charge is 0.484 e. The van der Waals surface area contributed by atoms with Gasteiger partial charge in [-0.15, -0.1) is 0 Å². The van der Waals surface area contributed by atoms with Crippen LogP contribution in [0.15, 0.2) is 71.6 Å². The van der Waals surface area contributed by atoms with E-state index in [-0.39, 0.29) is 17.4 Å². The summed E-state index contributed by atoms with van der Waals surface area (Å²) in [5.41, 5.74) is 0.510. The van der Waals surface area contributed by atoms with Gasteiger partial charge in [0, 0.05) is 18.8 Å². The molecule has 0 aromatic heterocycles. The van der Waals surface area contributed by atoms with Gasteiger partial charge < -0.3 is 10.1 Å². The van der Waals surface area contributed by atoms with Crippen molar-refractivity contribution in [3.8, 4) is 5.75 Å². The second-order valence-corrected chi connectivity index (χ2v) is 8.40. The van der Waals surface area contributed by atoms with Crippen LogP contribution in [0.4, 0.5) is 5.69 Å². The Balaban J connectivity index is 1.60. The van der Waals surface area contributed by atoms with E-state index in [1.807, 2.05) is 42.5 Å². The zero-order valence-corrected chi connectivity index (χ0v) is 17.3. The highest BCUT2D eigenvalue weighted by Crippen LogP contribution is 2.21. The predicted octanol–water partition coefficient (Wildman–Crippen LogP) is 3.89. The van der Waals surface area contributed by atoms with Crippen LogP contribution >= 0.6 is 0 Å². The van der Waals surface area contributed by atoms with Crippen molar-refractivity contribution in [2.45, 2.75) is 18.7 Å². The number of nitrogens with one attached hydrogen (secondary N) is 1. The molecule has 0 radical (unpaired) electrons. The molecule has 1 N–H and O–H groups in total. The summed E-state index contributed by atoms with van der Waals surface area (Å²) in [4.78, 5) is 12.4. The third-order valence-corrected chi connectivity index (χ3v) is 6.64. The fraction of sp³-hybridized carbons (Fsp3) is 0.227. The fourth-order valence-corrected chi connectivity index (χ4v) is 4.48. The van der Waals surface area contributed by atoms with Gasteiger partial charge in [0.25, 0.3) is 5.91 Å². The van der Waals surface area contributed by atoms with Crippen molar-refractivity contribution in [1.29, 1.82) is 0 Å². The van der Waals surface area contributed by atoms with Crippen molar-refractivity contribution < 1.29 is 17.9 Å². The minimum Gasteiger partial charge on any atom is -0.484 e. The van der Waals surface area contributed by atoms with Gasteiger partial charge in [-0.3, -0.25) is 4.79 Å². The summed E-state index contributed by atoms with van der Waals surface area (Å²) in [6.45, 7) is 4.26. The van der Waals surface area contributed by atoms with Crippen LogP contribution in [0, 0.1) is 0 Å². The van der Waals surface area contributed by atoms with Gasteiger partial charge >= 0.3 is 0 Å². The van der Waals surface area contributed by atoms with E-state index in [2.05, 4.69) is 5.32 Å². The molecule has 0 saturated carbocycles. The molecular formula is C22H24N2O4S. The zero-order chi connectivity index (χ0) is 20.9. The number of fused-ring (bicyclic) bond motifs is 1. The Hall–Kier alpha value is -2.90. The molecule has 0 saturated heterocycles. The van der Waals surface area contributed by atoms with Crippen molar-refractivity contribution in [3.05, 3.63) is 66.7 Å². The van der Waals surface area contributed by atoms with E-state index in [4.69, 9.17) is 4.74 Å². The van der Waals surface area contributed by atoms with Gasteiger partial charge in [-0.2, -0.15) is 4.31 Å². The van der Waals surface area contributed by atoms with Gasteiger partial charge in [0.15, 0.2) is 6.61 Å². The van der Waals surface area contributed by atoms with Gasteiger partial charge in [-0.1, -0.05) is 44.2 Å². The van der Waals surface area contributed by atoms with E-state index in [1.54, 1.807) is 26.0 Å². The molecule has 152 valence electrons. The summed E-state index contributed by atoms with van der Waals surface area (Å²) in [7, 11) is -3.51. The van der Waals surface area contributed by atoms with Crippen LogP contribution in [0.1, 0.15) is 13.8 Å². The summed E-state index contributed by atoms with van der Waals surface area (Å²) >= 11 is 0. The number of ether oxygens (including phenoxy) is 1. The smallest absolute Gasteiger partial charge is 0.262 e. The Morgan fingerprint density at radius 1 is 0.931 bits per heavy atom. The average molecular weight is 413 g/mol. The maximum absolute atomic E-state index is 12.5. The van der Waals surface area contributed by atoms with Gasteiger partial charge in [0.2, 0.25) is 10.0 Å². The molecule has 7 heteroatoms. The SMILES string of the molecule is CCN(CC)S(=O)(=O)c1ccc(NC(=O)COc2ccc3ccccc3c2)cc1. The van der Waals surface area contributed by atoms with Crippen LogP contribution in [-0.2, 0) is 14.8 Å². The molecule has 3 aromatic rings. The van der Waals surface area contributed by atoms with Crippen molar-refractivity contribution in [2.24, 2.45) is 0 Å². The second kappa shape index (κ2) is 9.07. The maximum Gasteiger partial charge on any atom is 0.262 e. The molecule has 6 nitrogen and oxygen atoms in total. The van der Waals surface area contributed by atoms with Crippen molar-refractivity contribution >= 4 is 32.4 Å². The van der Waals surface area contributed by atoms with Crippen molar-refractivity contribution in [1.82, 2.24) is 4.31 Å². The molecule has 3 aromatic carbocycles. The Bertz CT molecular complexity index is 1090. The van der Waals surface area contributed by atoms with Crippen molar-refractivity contribution in [2.75, 3.05) is 25.0 Å². The highest BCUT2D eigenvalue weighted by Gasteiger charge is 2.21. The number of benzene rings is 3. The number of anilines is 1. The van der Waals surface area contributed by atoms with Gasteiger partial charge in [-0.25, -0.2) is 8.42 Å². The first-order valence-corrected chi connectivity index (χ1v) is 10.9. The first-order valence-electron chi connectivity index (χ1n) is 9.45. The van der Waals surface area contributed by atoms with E-state index in [1.165, 1.54) is 16.4 Å². The van der Waals surface area contributed by atoms with E-state index < -0.39 is 10.0 Å². The highest BCUT2D eigenvalue weighted by atomic mass is 32.2. The molecule has 0 unspecified atom stereocenters. The average Bonchev–Trinajstić information content (AvgIpc) is 2.73. The van der Waals surface area contributed by atoms with E-state index in [0.29, 0.717) is 24.5 Å². The number of carbonyl (C=O) groups excluding carboxylic acids is 1. The highest BCUT2D eigenvalue weighted by molar-refractivity contribution is 7.89. The maximum atomic E-state index is 12.5. The summed E-state index contributed by atoms with van der Waals surface area (Å²) in [6, 6.07) is 19.7. The normalized spacial score (nSPS) is 11.6. The summed E-state index contributed by atoms with van der Waals surface area (Å²) in [6.07, 6.45) is 0. The van der Waals surface area contributed by atoms with Gasteiger partial charge in [-0.05, 0) is 47.2 Å². The Morgan fingerprint density at radius 3 is 2.24 bits per heavy atom. The molecule has 0 fully saturated rings. The third kappa shape index (κ3) is 4.93. The molecule has 0 heterocycles. The van der Waals surface area contributed by atoms with Crippen LogP contribution in [0.2, 0.25) is 0 Å². The molecule has 29 heavy (non-hydrogen) atoms. The molecule has 0 spiro atoms. The molecule has 0 atom stereocenters. The zero-order valence-electron chi connectivity index (χ0n) is 16.5. The molecule has 0 aliphatic rings. The molecule has 0 aliphatic carbocycles. The lowest BCUT2D eigenvalue weighted by Gasteiger charge is -2.18. The molecule has 0 aliphatic heterocycles. The third-order valence-electron chi connectivity index (χ3n) is 4.57. The van der Waals surface area contributed by atoms with Gasteiger partial charge in [0.1, 0.15) is 5.75 Å². The Labute approximate surface area is 171 Å². The first kappa shape index (κ1) is 20.8. The lowest BCUT2D eigenvalue weighted by molar-refractivity contribution is -0.118. The number of nitrogens with zero attached hydrogens (tertiary/aromatic N) is 1. The quantitative estimate of drug-likeness (QED) is 0.609. The number of hydrogen-bond donors (Lipinski definition) is 1. The minimum atomic E-state index is -3.51. The minimum absolute atomic E-state index is 0.141. The summed E-state index contributed by atoms with van der Waals surface area (Å²) in [5, 5.41) is 4.85. The lowest BCUT2D eigenvalue weighted by Crippen LogP contribution is -2.30. The number of carbonyl (C=O) groups is 1. The molecule has 1 amide bonds. The van der Waals surface area contributed by atoms with Crippen LogP contribution in [0.3, 0.4) is 0 Å². The molecule has 3 rings (SSSR count). The molecule has 0 bridgehead atoms. The Kier molecular flexibility index (Phi) is 6.51. The standard InChI is InChI=1S/C22H24N2O4S/c1-3-24(4-2)29(26,27)21-13-10-19(11-14-21)23-22(25)16-28-20-12-9-17-7-5-6-8-18(17)15-20/h5-15H,3-4,16H2,1-2H3,(H,23,25). The van der Waals surface area contributed by atoms with Gasteiger partial charge in [0.05, 0.1) is 4.90 Å². The lowest BCUT2D eigenvalue weighted by atomic mass is 10.1. The first-order chi connectivity index (χ1) is 13.9. The van der Waals surface area contributed by atoms with Crippen LogP contribution in [0.25, 0.3) is 10.8 Å². The summed E-state index contributed by atoms with van der Waals surface area (Å²) < 4.78 is 32.0. The number of sulfonamides is 1. The Morgan fingerprint density at radius 2 is 1.59 bits per heavy atom. The fourth-order valence-electron chi connectivity index (χ4n) is 3.03. The number of rotatable bonds is 8. The number of amides is 1. The molecular weight excluding hydrogens is 388 g/mol. The van der Waals surface area contributed by atoms with Crippen LogP contribution < -0.4 is 10.1 Å². The summed E-state index contributed by atoms with van der Waals surface area (Å²) in [5.74, 6) is 0.289. The van der Waals surface area contributed by atoms with Crippen molar-refractivity contribution in [3.63, 3.8) is 0 Å². The predicted molar refractivity (Wildman–Crippen MR) is 115 cm³/mol. The van der Waals surface area contributed by atoms with E-state index >= 15 is 0 Å². The van der Waals surface area contributed by atoms with Crippen LogP contribution in [0.5, 0.6) is 5.75 Å². The second-order valence-electron chi connectivity index (χ2n) is 6.46. The monoisotopic (exact) mass is 412 g/mol. The van der Waals surface area contributed by atoms with E-state index in [0.717, 1.165) is 10.8 Å². The van der Waals surface area contributed by atoms with Crippen LogP contribution in [-0.4, -0.2) is 38.3 Å².